The van der Waals surface area contributed by atoms with Gasteiger partial charge in [0.2, 0.25) is 5.91 Å². The van der Waals surface area contributed by atoms with E-state index in [0.717, 1.165) is 0 Å². The summed E-state index contributed by atoms with van der Waals surface area (Å²) in [6.07, 6.45) is 0.813. The van der Waals surface area contributed by atoms with Crippen LogP contribution in [0.25, 0.3) is 0 Å². The highest BCUT2D eigenvalue weighted by Gasteiger charge is 2.07. The van der Waals surface area contributed by atoms with E-state index in [0.29, 0.717) is 24.2 Å². The van der Waals surface area contributed by atoms with E-state index in [9.17, 15) is 14.7 Å². The molecule has 0 bridgehead atoms. The van der Waals surface area contributed by atoms with E-state index < -0.39 is 0 Å². The Labute approximate surface area is 126 Å². The van der Waals surface area contributed by atoms with Gasteiger partial charge in [0.05, 0.1) is 5.69 Å². The SMILES string of the molecule is O=C(CCCNC(=O)c1ccsc1)Nc1ccccc1O. The van der Waals surface area contributed by atoms with Crippen LogP contribution in [0.1, 0.15) is 23.2 Å². The van der Waals surface area contributed by atoms with Gasteiger partial charge in [-0.15, -0.1) is 0 Å². The molecule has 0 aliphatic rings. The van der Waals surface area contributed by atoms with Crippen molar-refractivity contribution in [2.24, 2.45) is 0 Å². The number of rotatable bonds is 6. The van der Waals surface area contributed by atoms with Gasteiger partial charge in [-0.3, -0.25) is 9.59 Å². The van der Waals surface area contributed by atoms with E-state index in [4.69, 9.17) is 0 Å². The predicted molar refractivity (Wildman–Crippen MR) is 82.6 cm³/mol. The summed E-state index contributed by atoms with van der Waals surface area (Å²) in [6, 6.07) is 8.31. The van der Waals surface area contributed by atoms with Gasteiger partial charge >= 0.3 is 0 Å². The van der Waals surface area contributed by atoms with Crippen molar-refractivity contribution in [3.05, 3.63) is 46.7 Å². The summed E-state index contributed by atoms with van der Waals surface area (Å²) in [7, 11) is 0. The first-order chi connectivity index (χ1) is 10.2. The average Bonchev–Trinajstić information content (AvgIpc) is 3.00. The van der Waals surface area contributed by atoms with Crippen molar-refractivity contribution in [1.82, 2.24) is 5.32 Å². The van der Waals surface area contributed by atoms with Crippen molar-refractivity contribution in [1.29, 1.82) is 0 Å². The zero-order valence-electron chi connectivity index (χ0n) is 11.3. The molecule has 0 saturated carbocycles. The third-order valence-corrected chi connectivity index (χ3v) is 3.51. The number of benzene rings is 1. The molecule has 0 fully saturated rings. The van der Waals surface area contributed by atoms with Crippen molar-refractivity contribution in [2.75, 3.05) is 11.9 Å². The summed E-state index contributed by atoms with van der Waals surface area (Å²) in [6.45, 7) is 0.433. The lowest BCUT2D eigenvalue weighted by atomic mass is 10.2. The molecule has 2 rings (SSSR count). The number of amides is 2. The van der Waals surface area contributed by atoms with Crippen LogP contribution in [0.4, 0.5) is 5.69 Å². The molecule has 21 heavy (non-hydrogen) atoms. The maximum Gasteiger partial charge on any atom is 0.252 e. The van der Waals surface area contributed by atoms with Crippen molar-refractivity contribution in [3.8, 4) is 5.75 Å². The zero-order valence-corrected chi connectivity index (χ0v) is 12.2. The summed E-state index contributed by atoms with van der Waals surface area (Å²) in [5, 5.41) is 18.5. The van der Waals surface area contributed by atoms with Crippen LogP contribution in [0.2, 0.25) is 0 Å². The number of phenolic OH excluding ortho intramolecular Hbond substituents is 1. The highest BCUT2D eigenvalue weighted by molar-refractivity contribution is 7.08. The van der Waals surface area contributed by atoms with Crippen molar-refractivity contribution >= 4 is 28.8 Å². The summed E-state index contributed by atoms with van der Waals surface area (Å²) in [5.41, 5.74) is 1.03. The Hall–Kier alpha value is -2.34. The fraction of sp³-hybridized carbons (Fsp3) is 0.200. The minimum atomic E-state index is -0.193. The normalized spacial score (nSPS) is 10.1. The number of phenols is 1. The maximum atomic E-state index is 11.7. The van der Waals surface area contributed by atoms with Gasteiger partial charge in [0, 0.05) is 23.9 Å². The first-order valence-electron chi connectivity index (χ1n) is 6.55. The third kappa shape index (κ3) is 4.61. The molecular weight excluding hydrogens is 288 g/mol. The molecule has 0 unspecified atom stereocenters. The van der Waals surface area contributed by atoms with Gasteiger partial charge in [-0.05, 0) is 30.0 Å². The Balaban J connectivity index is 1.68. The van der Waals surface area contributed by atoms with Crippen LogP contribution in [0, 0.1) is 0 Å². The van der Waals surface area contributed by atoms with Gasteiger partial charge in [-0.25, -0.2) is 0 Å². The highest BCUT2D eigenvalue weighted by atomic mass is 32.1. The second-order valence-electron chi connectivity index (χ2n) is 4.44. The van der Waals surface area contributed by atoms with Gasteiger partial charge in [0.1, 0.15) is 5.75 Å². The molecule has 0 radical (unpaired) electrons. The first kappa shape index (κ1) is 15.1. The molecule has 0 aliphatic heterocycles. The topological polar surface area (TPSA) is 78.4 Å². The maximum absolute atomic E-state index is 11.7. The molecule has 3 N–H and O–H groups in total. The van der Waals surface area contributed by atoms with E-state index in [-0.39, 0.29) is 24.0 Å². The molecule has 0 atom stereocenters. The highest BCUT2D eigenvalue weighted by Crippen LogP contribution is 2.21. The Kier molecular flexibility index (Phi) is 5.34. The van der Waals surface area contributed by atoms with Gasteiger partial charge in [0.25, 0.3) is 5.91 Å². The van der Waals surface area contributed by atoms with Crippen LogP contribution in [0.3, 0.4) is 0 Å². The van der Waals surface area contributed by atoms with Gasteiger partial charge < -0.3 is 15.7 Å². The number of carbonyl (C=O) groups excluding carboxylic acids is 2. The lowest BCUT2D eigenvalue weighted by molar-refractivity contribution is -0.116. The molecule has 110 valence electrons. The minimum Gasteiger partial charge on any atom is -0.506 e. The number of para-hydroxylation sites is 2. The first-order valence-corrected chi connectivity index (χ1v) is 7.49. The molecule has 2 aromatic rings. The average molecular weight is 304 g/mol. The van der Waals surface area contributed by atoms with Crippen LogP contribution in [0.5, 0.6) is 5.75 Å². The third-order valence-electron chi connectivity index (χ3n) is 2.83. The molecule has 1 aromatic carbocycles. The predicted octanol–water partition coefficient (Wildman–Crippen LogP) is 2.60. The summed E-state index contributed by atoms with van der Waals surface area (Å²) in [5.74, 6) is -0.282. The zero-order chi connectivity index (χ0) is 15.1. The molecule has 0 spiro atoms. The monoisotopic (exact) mass is 304 g/mol. The summed E-state index contributed by atoms with van der Waals surface area (Å²) < 4.78 is 0. The molecular formula is C15H16N2O3S. The second kappa shape index (κ2) is 7.44. The molecule has 0 saturated heterocycles. The number of aromatic hydroxyl groups is 1. The number of thiophene rings is 1. The lowest BCUT2D eigenvalue weighted by Crippen LogP contribution is -2.25. The number of carbonyl (C=O) groups is 2. The van der Waals surface area contributed by atoms with Crippen molar-refractivity contribution < 1.29 is 14.7 Å². The Morgan fingerprint density at radius 1 is 1.19 bits per heavy atom. The molecule has 1 aromatic heterocycles. The lowest BCUT2D eigenvalue weighted by Gasteiger charge is -2.07. The molecule has 5 nitrogen and oxygen atoms in total. The number of nitrogens with one attached hydrogen (secondary N) is 2. The van der Waals surface area contributed by atoms with Crippen LogP contribution < -0.4 is 10.6 Å². The number of anilines is 1. The van der Waals surface area contributed by atoms with E-state index in [1.807, 2.05) is 5.38 Å². The van der Waals surface area contributed by atoms with Crippen molar-refractivity contribution in [2.45, 2.75) is 12.8 Å². The van der Waals surface area contributed by atoms with Crippen LogP contribution in [-0.4, -0.2) is 23.5 Å². The van der Waals surface area contributed by atoms with Gasteiger partial charge in [-0.1, -0.05) is 12.1 Å². The molecule has 1 heterocycles. The van der Waals surface area contributed by atoms with Gasteiger partial charge in [-0.2, -0.15) is 11.3 Å². The quantitative estimate of drug-likeness (QED) is 0.567. The number of hydrogen-bond acceptors (Lipinski definition) is 4. The molecule has 0 aliphatic carbocycles. The minimum absolute atomic E-state index is 0.0385. The molecule has 2 amide bonds. The smallest absolute Gasteiger partial charge is 0.252 e. The van der Waals surface area contributed by atoms with Crippen molar-refractivity contribution in [3.63, 3.8) is 0 Å². The van der Waals surface area contributed by atoms with E-state index in [1.165, 1.54) is 17.4 Å². The second-order valence-corrected chi connectivity index (χ2v) is 5.22. The Bertz CT molecular complexity index is 611. The van der Waals surface area contributed by atoms with Crippen LogP contribution in [0.15, 0.2) is 41.1 Å². The number of hydrogen-bond donors (Lipinski definition) is 3. The fourth-order valence-corrected chi connectivity index (χ4v) is 2.37. The molecule has 6 heteroatoms. The Morgan fingerprint density at radius 3 is 2.71 bits per heavy atom. The van der Waals surface area contributed by atoms with Gasteiger partial charge in [0.15, 0.2) is 0 Å². The summed E-state index contributed by atoms with van der Waals surface area (Å²) >= 11 is 1.47. The van der Waals surface area contributed by atoms with Crippen LogP contribution in [-0.2, 0) is 4.79 Å². The fourth-order valence-electron chi connectivity index (χ4n) is 1.74. The van der Waals surface area contributed by atoms with E-state index in [1.54, 1.807) is 29.6 Å². The largest absolute Gasteiger partial charge is 0.506 e. The summed E-state index contributed by atoms with van der Waals surface area (Å²) in [4.78, 5) is 23.4. The van der Waals surface area contributed by atoms with Crippen LogP contribution >= 0.6 is 11.3 Å². The van der Waals surface area contributed by atoms with E-state index >= 15 is 0 Å². The van der Waals surface area contributed by atoms with E-state index in [2.05, 4.69) is 10.6 Å². The standard InChI is InChI=1S/C15H16N2O3S/c18-13-5-2-1-4-12(13)17-14(19)6-3-8-16-15(20)11-7-9-21-10-11/h1-2,4-5,7,9-10,18H,3,6,8H2,(H,16,20)(H,17,19). The Morgan fingerprint density at radius 2 is 2.00 bits per heavy atom.